The molecule has 0 amide bonds. The molecule has 0 saturated heterocycles. The highest BCUT2D eigenvalue weighted by atomic mass is 32.1. The smallest absolute Gasteiger partial charge is 0.326 e. The van der Waals surface area contributed by atoms with Gasteiger partial charge in [0.15, 0.2) is 5.65 Å². The van der Waals surface area contributed by atoms with Crippen LogP contribution in [0.3, 0.4) is 0 Å². The Morgan fingerprint density at radius 2 is 2.04 bits per heavy atom. The van der Waals surface area contributed by atoms with Crippen molar-refractivity contribution in [2.45, 2.75) is 53.4 Å². The van der Waals surface area contributed by atoms with Gasteiger partial charge in [-0.2, -0.15) is 5.10 Å². The molecule has 0 unspecified atom stereocenters. The minimum atomic E-state index is 0.488. The average Bonchev–Trinajstić information content (AvgIpc) is 3.19. The lowest BCUT2D eigenvalue weighted by Gasteiger charge is -2.14. The zero-order valence-electron chi connectivity index (χ0n) is 17.5. The first kappa shape index (κ1) is 20.2. The van der Waals surface area contributed by atoms with Crippen molar-refractivity contribution in [3.05, 3.63) is 39.5 Å². The summed E-state index contributed by atoms with van der Waals surface area (Å²) in [6, 6.07) is 2.19. The van der Waals surface area contributed by atoms with Crippen LogP contribution in [0.4, 0.5) is 0 Å². The number of rotatable bonds is 5. The number of nitrogens with zero attached hydrogens (tertiary/aromatic N) is 4. The zero-order valence-corrected chi connectivity index (χ0v) is 18.3. The highest BCUT2D eigenvalue weighted by molar-refractivity contribution is 7.14. The number of aryl methyl sites for hydroxylation is 2. The van der Waals surface area contributed by atoms with Gasteiger partial charge in [-0.05, 0) is 56.2 Å². The second-order valence-corrected chi connectivity index (χ2v) is 7.90. The van der Waals surface area contributed by atoms with Crippen LogP contribution in [0.25, 0.3) is 16.2 Å². The Morgan fingerprint density at radius 1 is 1.32 bits per heavy atom. The van der Waals surface area contributed by atoms with Gasteiger partial charge in [-0.15, -0.1) is 11.3 Å². The molecule has 0 aliphatic heterocycles. The number of nitrogens with two attached hydrogens (primary N) is 1. The molecule has 3 heterocycles. The highest BCUT2D eigenvalue weighted by Crippen LogP contribution is 2.36. The first-order valence-corrected chi connectivity index (χ1v) is 10.6. The van der Waals surface area contributed by atoms with Crippen molar-refractivity contribution in [3.8, 4) is 10.6 Å². The fourth-order valence-electron chi connectivity index (χ4n) is 3.80. The normalized spacial score (nSPS) is 12.8. The molecule has 0 bridgehead atoms. The number of nitrogens with one attached hydrogen (secondary N) is 1. The molecule has 0 atom stereocenters. The third-order valence-electron chi connectivity index (χ3n) is 5.28. The lowest BCUT2D eigenvalue weighted by atomic mass is 9.95. The minimum absolute atomic E-state index is 0.488. The number of aliphatic imine (C=N–C) groups is 1. The van der Waals surface area contributed by atoms with Gasteiger partial charge in [0, 0.05) is 10.9 Å². The highest BCUT2D eigenvalue weighted by Gasteiger charge is 2.24. The fraction of sp³-hybridized carbons (Fsp3) is 0.429. The average molecular weight is 398 g/mol. The van der Waals surface area contributed by atoms with Crippen molar-refractivity contribution < 1.29 is 4.99 Å². The van der Waals surface area contributed by atoms with Crippen LogP contribution in [0.15, 0.2) is 16.4 Å². The topological polar surface area (TPSA) is 82.5 Å². The minimum Gasteiger partial charge on any atom is -0.369 e. The van der Waals surface area contributed by atoms with Gasteiger partial charge in [-0.3, -0.25) is 4.99 Å². The van der Waals surface area contributed by atoms with Crippen LogP contribution < -0.4 is 10.7 Å². The molecular weight excluding hydrogens is 368 g/mol. The second-order valence-electron chi connectivity index (χ2n) is 7.02. The second kappa shape index (κ2) is 8.22. The third-order valence-corrected chi connectivity index (χ3v) is 6.37. The van der Waals surface area contributed by atoms with Crippen molar-refractivity contribution in [2.24, 2.45) is 10.7 Å². The van der Waals surface area contributed by atoms with E-state index >= 15 is 0 Å². The third kappa shape index (κ3) is 3.35. The Kier molecular flexibility index (Phi) is 5.93. The molecule has 148 valence electrons. The molecule has 3 N–H and O–H groups in total. The fourth-order valence-corrected chi connectivity index (χ4v) is 4.95. The Morgan fingerprint density at radius 3 is 2.64 bits per heavy atom. The predicted molar refractivity (Wildman–Crippen MR) is 118 cm³/mol. The maximum atomic E-state index is 5.51. The van der Waals surface area contributed by atoms with Gasteiger partial charge < -0.3 is 5.73 Å². The molecule has 0 aromatic carbocycles. The van der Waals surface area contributed by atoms with Gasteiger partial charge in [-0.25, -0.2) is 9.50 Å². The number of thiophene rings is 1. The Bertz CT molecular complexity index is 1050. The molecule has 3 aromatic rings. The Hall–Kier alpha value is -2.54. The van der Waals surface area contributed by atoms with E-state index in [9.17, 15) is 0 Å². The van der Waals surface area contributed by atoms with E-state index in [0.29, 0.717) is 5.92 Å². The molecule has 0 radical (unpaired) electrons. The number of imidazole rings is 1. The quantitative estimate of drug-likeness (QED) is 0.513. The molecule has 3 rings (SSSR count). The predicted octanol–water partition coefficient (Wildman–Crippen LogP) is 2.73. The van der Waals surface area contributed by atoms with E-state index in [1.807, 2.05) is 11.6 Å². The monoisotopic (exact) mass is 397 g/mol. The number of amidine groups is 1. The SMILES string of the molecule is CCC(CC)c1cc(C)nn2c(-c3scc(C(N=CN)=[NH+]C)c3C)c(C)nc12. The summed E-state index contributed by atoms with van der Waals surface area (Å²) in [6.07, 6.45) is 3.50. The van der Waals surface area contributed by atoms with Crippen LogP contribution in [-0.2, 0) is 0 Å². The summed E-state index contributed by atoms with van der Waals surface area (Å²) in [5.41, 5.74) is 13.0. The van der Waals surface area contributed by atoms with Crippen molar-refractivity contribution >= 4 is 29.2 Å². The standard InChI is InChI=1S/C21H28N6S/c1-7-15(8-2)16-9-12(3)26-27-18(14(5)25-21(16)27)19-13(4)17(10-28-19)20(23-6)24-11-22/h9-11,15H,7-8H2,1-6H3,(H2,22,23,24)/p+1. The van der Waals surface area contributed by atoms with Gasteiger partial charge in [-0.1, -0.05) is 13.8 Å². The van der Waals surface area contributed by atoms with E-state index in [1.165, 1.54) is 11.9 Å². The molecule has 6 nitrogen and oxygen atoms in total. The maximum absolute atomic E-state index is 5.51. The largest absolute Gasteiger partial charge is 0.369 e. The summed E-state index contributed by atoms with van der Waals surface area (Å²) in [5.74, 6) is 1.25. The number of hydrogen-bond acceptors (Lipinski definition) is 3. The van der Waals surface area contributed by atoms with Crippen molar-refractivity contribution in [2.75, 3.05) is 7.05 Å². The zero-order chi connectivity index (χ0) is 20.4. The van der Waals surface area contributed by atoms with E-state index in [1.54, 1.807) is 11.3 Å². The lowest BCUT2D eigenvalue weighted by molar-refractivity contribution is -0.420. The summed E-state index contributed by atoms with van der Waals surface area (Å²) in [7, 11) is 1.85. The molecular formula is C21H29N6S+. The van der Waals surface area contributed by atoms with Gasteiger partial charge in [0.1, 0.15) is 5.69 Å². The number of fused-ring (bicyclic) bond motifs is 1. The molecule has 28 heavy (non-hydrogen) atoms. The first-order valence-electron chi connectivity index (χ1n) is 9.71. The molecule has 0 spiro atoms. The summed E-state index contributed by atoms with van der Waals surface area (Å²) < 4.78 is 2.03. The van der Waals surface area contributed by atoms with E-state index in [2.05, 4.69) is 56.0 Å². The van der Waals surface area contributed by atoms with Crippen molar-refractivity contribution in [3.63, 3.8) is 0 Å². The van der Waals surface area contributed by atoms with Gasteiger partial charge in [0.2, 0.25) is 6.34 Å². The number of hydrogen-bond donors (Lipinski definition) is 2. The molecule has 7 heteroatoms. The van der Waals surface area contributed by atoms with Crippen LogP contribution in [0, 0.1) is 20.8 Å². The molecule has 0 aliphatic carbocycles. The Balaban J connectivity index is 2.26. The lowest BCUT2D eigenvalue weighted by Crippen LogP contribution is -2.67. The Labute approximate surface area is 170 Å². The van der Waals surface area contributed by atoms with E-state index < -0.39 is 0 Å². The summed E-state index contributed by atoms with van der Waals surface area (Å²) in [5, 5.41) is 6.94. The van der Waals surface area contributed by atoms with Crippen LogP contribution in [-0.4, -0.2) is 33.8 Å². The first-order chi connectivity index (χ1) is 13.5. The van der Waals surface area contributed by atoms with E-state index in [-0.39, 0.29) is 0 Å². The van der Waals surface area contributed by atoms with Crippen molar-refractivity contribution in [1.29, 1.82) is 0 Å². The summed E-state index contributed by atoms with van der Waals surface area (Å²) >= 11 is 1.69. The van der Waals surface area contributed by atoms with Crippen LogP contribution in [0.5, 0.6) is 0 Å². The van der Waals surface area contributed by atoms with Gasteiger partial charge in [0.25, 0.3) is 0 Å². The molecule has 3 aromatic heterocycles. The molecule has 0 fully saturated rings. The van der Waals surface area contributed by atoms with E-state index in [4.69, 9.17) is 15.8 Å². The summed E-state index contributed by atoms with van der Waals surface area (Å²) in [4.78, 5) is 13.5. The van der Waals surface area contributed by atoms with Gasteiger partial charge in [0.05, 0.1) is 28.9 Å². The molecule has 0 saturated carbocycles. The maximum Gasteiger partial charge on any atom is 0.326 e. The van der Waals surface area contributed by atoms with E-state index in [0.717, 1.165) is 57.4 Å². The van der Waals surface area contributed by atoms with Crippen LogP contribution >= 0.6 is 11.3 Å². The van der Waals surface area contributed by atoms with Crippen LogP contribution in [0.2, 0.25) is 0 Å². The summed E-state index contributed by atoms with van der Waals surface area (Å²) in [6.45, 7) is 10.7. The van der Waals surface area contributed by atoms with Gasteiger partial charge >= 0.3 is 5.84 Å². The van der Waals surface area contributed by atoms with Crippen molar-refractivity contribution in [1.82, 2.24) is 14.6 Å². The van der Waals surface area contributed by atoms with Crippen LogP contribution in [0.1, 0.15) is 60.7 Å². The molecule has 0 aliphatic rings. The number of aromatic nitrogens is 3.